The lowest BCUT2D eigenvalue weighted by Crippen LogP contribution is -2.35. The molecule has 0 unspecified atom stereocenters. The van der Waals surface area contributed by atoms with Gasteiger partial charge in [0.1, 0.15) is 12.4 Å². The quantitative estimate of drug-likeness (QED) is 0.864. The van der Waals surface area contributed by atoms with E-state index in [0.717, 1.165) is 11.3 Å². The van der Waals surface area contributed by atoms with Crippen molar-refractivity contribution in [2.45, 2.75) is 6.92 Å². The van der Waals surface area contributed by atoms with Gasteiger partial charge in [-0.25, -0.2) is 4.39 Å². The summed E-state index contributed by atoms with van der Waals surface area (Å²) in [6.45, 7) is 2.17. The molecule has 1 heterocycles. The Morgan fingerprint density at radius 1 is 1.25 bits per heavy atom. The predicted octanol–water partition coefficient (Wildman–Crippen LogP) is 3.88. The van der Waals surface area contributed by atoms with Gasteiger partial charge in [-0.15, -0.1) is 0 Å². The number of benzene rings is 2. The topological polar surface area (TPSA) is 32.3 Å². The van der Waals surface area contributed by atoms with Crippen LogP contribution >= 0.6 is 11.6 Å². The first-order chi connectivity index (χ1) is 9.54. The van der Waals surface area contributed by atoms with Gasteiger partial charge in [0.15, 0.2) is 0 Å². The number of nitrogens with one attached hydrogen (secondary N) is 1. The van der Waals surface area contributed by atoms with Crippen molar-refractivity contribution in [1.82, 2.24) is 0 Å². The molecule has 0 aromatic heterocycles. The van der Waals surface area contributed by atoms with Crippen LogP contribution in [0.5, 0.6) is 0 Å². The molecule has 3 nitrogen and oxygen atoms in total. The smallest absolute Gasteiger partial charge is 0.244 e. The molecule has 0 saturated heterocycles. The summed E-state index contributed by atoms with van der Waals surface area (Å²) in [4.78, 5) is 13.6. The van der Waals surface area contributed by atoms with Crippen LogP contribution in [0.3, 0.4) is 0 Å². The average molecular weight is 291 g/mol. The van der Waals surface area contributed by atoms with E-state index < -0.39 is 5.82 Å². The number of halogens is 2. The van der Waals surface area contributed by atoms with Crippen LogP contribution in [0.15, 0.2) is 36.4 Å². The van der Waals surface area contributed by atoms with Gasteiger partial charge in [0.05, 0.1) is 16.4 Å². The molecule has 1 aliphatic rings. The van der Waals surface area contributed by atoms with Crippen molar-refractivity contribution in [2.24, 2.45) is 0 Å². The average Bonchev–Trinajstić information content (AvgIpc) is 2.41. The van der Waals surface area contributed by atoms with Crippen LogP contribution < -0.4 is 10.2 Å². The third-order valence-corrected chi connectivity index (χ3v) is 3.54. The molecule has 0 spiro atoms. The molecule has 5 heteroatoms. The SMILES string of the molecule is Cc1ccc(N2CC(=O)Nc3cc(F)c(Cl)cc32)cc1. The highest BCUT2D eigenvalue weighted by molar-refractivity contribution is 6.31. The minimum atomic E-state index is -0.545. The zero-order valence-electron chi connectivity index (χ0n) is 10.8. The fraction of sp³-hybridized carbons (Fsp3) is 0.133. The van der Waals surface area contributed by atoms with Crippen molar-refractivity contribution in [3.63, 3.8) is 0 Å². The molecule has 0 aliphatic carbocycles. The van der Waals surface area contributed by atoms with Gasteiger partial charge in [-0.2, -0.15) is 0 Å². The molecule has 0 atom stereocenters. The second kappa shape index (κ2) is 4.80. The highest BCUT2D eigenvalue weighted by Crippen LogP contribution is 2.38. The molecule has 1 amide bonds. The third kappa shape index (κ3) is 2.23. The lowest BCUT2D eigenvalue weighted by molar-refractivity contribution is -0.115. The summed E-state index contributed by atoms with van der Waals surface area (Å²) in [5.74, 6) is -0.726. The lowest BCUT2D eigenvalue weighted by atomic mass is 10.1. The van der Waals surface area contributed by atoms with E-state index in [1.165, 1.54) is 12.1 Å². The van der Waals surface area contributed by atoms with Crippen molar-refractivity contribution in [3.05, 3.63) is 52.8 Å². The molecular weight excluding hydrogens is 279 g/mol. The normalized spacial score (nSPS) is 13.9. The summed E-state index contributed by atoms with van der Waals surface area (Å²) in [6, 6.07) is 10.6. The molecule has 3 rings (SSSR count). The van der Waals surface area contributed by atoms with E-state index in [0.29, 0.717) is 11.4 Å². The van der Waals surface area contributed by atoms with Crippen LogP contribution in [0.1, 0.15) is 5.56 Å². The zero-order valence-corrected chi connectivity index (χ0v) is 11.5. The number of carbonyl (C=O) groups excluding carboxylic acids is 1. The van der Waals surface area contributed by atoms with Gasteiger partial charge in [-0.1, -0.05) is 29.3 Å². The second-order valence-electron chi connectivity index (χ2n) is 4.75. The summed E-state index contributed by atoms with van der Waals surface area (Å²) in [5, 5.41) is 2.70. The van der Waals surface area contributed by atoms with Gasteiger partial charge >= 0.3 is 0 Å². The van der Waals surface area contributed by atoms with Crippen molar-refractivity contribution >= 4 is 34.6 Å². The Morgan fingerprint density at radius 2 is 1.95 bits per heavy atom. The third-order valence-electron chi connectivity index (χ3n) is 3.25. The first-order valence-corrected chi connectivity index (χ1v) is 6.55. The summed E-state index contributed by atoms with van der Waals surface area (Å²) < 4.78 is 13.5. The summed E-state index contributed by atoms with van der Waals surface area (Å²) >= 11 is 5.85. The maximum atomic E-state index is 13.5. The monoisotopic (exact) mass is 290 g/mol. The number of rotatable bonds is 1. The first-order valence-electron chi connectivity index (χ1n) is 6.18. The van der Waals surface area contributed by atoms with E-state index in [1.807, 2.05) is 36.1 Å². The van der Waals surface area contributed by atoms with E-state index in [2.05, 4.69) is 5.32 Å². The number of nitrogens with zero attached hydrogens (tertiary/aromatic N) is 1. The second-order valence-corrected chi connectivity index (χ2v) is 5.16. The molecule has 102 valence electrons. The van der Waals surface area contributed by atoms with Gasteiger partial charge in [0.25, 0.3) is 0 Å². The van der Waals surface area contributed by atoms with Crippen molar-refractivity contribution in [3.8, 4) is 0 Å². The molecule has 1 N–H and O–H groups in total. The van der Waals surface area contributed by atoms with Crippen LogP contribution in [-0.4, -0.2) is 12.5 Å². The molecule has 2 aromatic rings. The minimum Gasteiger partial charge on any atom is -0.330 e. The Bertz CT molecular complexity index is 685. The van der Waals surface area contributed by atoms with Gasteiger partial charge in [-0.3, -0.25) is 4.79 Å². The van der Waals surface area contributed by atoms with Gasteiger partial charge in [0, 0.05) is 11.8 Å². The van der Waals surface area contributed by atoms with Crippen molar-refractivity contribution in [2.75, 3.05) is 16.8 Å². The highest BCUT2D eigenvalue weighted by Gasteiger charge is 2.24. The molecule has 0 saturated carbocycles. The van der Waals surface area contributed by atoms with Crippen molar-refractivity contribution in [1.29, 1.82) is 0 Å². The standard InChI is InChI=1S/C15H12ClFN2O/c1-9-2-4-10(5-3-9)19-8-15(20)18-13-7-12(17)11(16)6-14(13)19/h2-7H,8H2,1H3,(H,18,20). The van der Waals surface area contributed by atoms with Crippen LogP contribution in [-0.2, 0) is 4.79 Å². The maximum absolute atomic E-state index is 13.5. The van der Waals surface area contributed by atoms with Crippen LogP contribution in [0, 0.1) is 12.7 Å². The van der Waals surface area contributed by atoms with Gasteiger partial charge in [0.2, 0.25) is 5.91 Å². The molecule has 2 aromatic carbocycles. The number of anilines is 3. The van der Waals surface area contributed by atoms with E-state index >= 15 is 0 Å². The Morgan fingerprint density at radius 3 is 2.65 bits per heavy atom. The molecule has 1 aliphatic heterocycles. The van der Waals surface area contributed by atoms with Gasteiger partial charge in [-0.05, 0) is 25.1 Å². The van der Waals surface area contributed by atoms with Crippen LogP contribution in [0.4, 0.5) is 21.5 Å². The maximum Gasteiger partial charge on any atom is 0.244 e. The first kappa shape index (κ1) is 12.9. The number of hydrogen-bond acceptors (Lipinski definition) is 2. The van der Waals surface area contributed by atoms with E-state index in [-0.39, 0.29) is 17.5 Å². The number of carbonyl (C=O) groups is 1. The molecule has 20 heavy (non-hydrogen) atoms. The Hall–Kier alpha value is -2.07. The van der Waals surface area contributed by atoms with Crippen LogP contribution in [0.2, 0.25) is 5.02 Å². The fourth-order valence-electron chi connectivity index (χ4n) is 2.23. The Kier molecular flexibility index (Phi) is 3.10. The number of amides is 1. The zero-order chi connectivity index (χ0) is 14.3. The largest absolute Gasteiger partial charge is 0.330 e. The number of fused-ring (bicyclic) bond motifs is 1. The fourth-order valence-corrected chi connectivity index (χ4v) is 2.39. The Labute approximate surface area is 121 Å². The van der Waals surface area contributed by atoms with E-state index in [1.54, 1.807) is 0 Å². The molecule has 0 radical (unpaired) electrons. The molecule has 0 bridgehead atoms. The minimum absolute atomic E-state index is 0.0389. The van der Waals surface area contributed by atoms with Crippen molar-refractivity contribution < 1.29 is 9.18 Å². The summed E-state index contributed by atoms with van der Waals surface area (Å²) in [6.07, 6.45) is 0. The van der Waals surface area contributed by atoms with E-state index in [4.69, 9.17) is 11.6 Å². The highest BCUT2D eigenvalue weighted by atomic mass is 35.5. The summed E-state index contributed by atoms with van der Waals surface area (Å²) in [5.41, 5.74) is 3.13. The van der Waals surface area contributed by atoms with Gasteiger partial charge < -0.3 is 10.2 Å². The molecule has 0 fully saturated rings. The number of aryl methyl sites for hydroxylation is 1. The lowest BCUT2D eigenvalue weighted by Gasteiger charge is -2.31. The molecular formula is C15H12ClFN2O. The Balaban J connectivity index is 2.12. The summed E-state index contributed by atoms with van der Waals surface area (Å²) in [7, 11) is 0. The van der Waals surface area contributed by atoms with E-state index in [9.17, 15) is 9.18 Å². The van der Waals surface area contributed by atoms with Crippen LogP contribution in [0.25, 0.3) is 0 Å². The number of hydrogen-bond donors (Lipinski definition) is 1. The predicted molar refractivity (Wildman–Crippen MR) is 78.2 cm³/mol.